The fourth-order valence-corrected chi connectivity index (χ4v) is 2.60. The Morgan fingerprint density at radius 2 is 1.87 bits per heavy atom. The Bertz CT molecular complexity index is 385. The van der Waals surface area contributed by atoms with Crippen molar-refractivity contribution in [1.29, 1.82) is 0 Å². The van der Waals surface area contributed by atoms with Gasteiger partial charge in [0.1, 0.15) is 0 Å². The first kappa shape index (κ1) is 10.5. The van der Waals surface area contributed by atoms with Crippen molar-refractivity contribution < 1.29 is 0 Å². The molecule has 1 nitrogen and oxygen atoms in total. The average Bonchev–Trinajstić information content (AvgIpc) is 2.45. The predicted molar refractivity (Wildman–Crippen MR) is 66.6 cm³/mol. The minimum atomic E-state index is 0.346. The molecule has 0 aromatic heterocycles. The van der Waals surface area contributed by atoms with Crippen LogP contribution in [0.2, 0.25) is 0 Å². The zero-order valence-electron chi connectivity index (χ0n) is 10.4. The number of rotatable bonds is 0. The first-order chi connectivity index (χ1) is 6.89. The van der Waals surface area contributed by atoms with Gasteiger partial charge in [0.2, 0.25) is 0 Å². The summed E-state index contributed by atoms with van der Waals surface area (Å²) in [5.41, 5.74) is 6.00. The lowest BCUT2D eigenvalue weighted by molar-refractivity contribution is 0.339. The highest BCUT2D eigenvalue weighted by Gasteiger charge is 2.32. The van der Waals surface area contributed by atoms with Gasteiger partial charge in [0, 0.05) is 18.2 Å². The van der Waals surface area contributed by atoms with Crippen molar-refractivity contribution in [1.82, 2.24) is 0 Å². The SMILES string of the molecule is Cc1cc(C)c2c(c1)C(C(C)(C)C)CN2. The van der Waals surface area contributed by atoms with Crippen LogP contribution in [0.1, 0.15) is 43.4 Å². The molecular formula is C14H21N. The molecule has 1 unspecified atom stereocenters. The quantitative estimate of drug-likeness (QED) is 0.675. The predicted octanol–water partition coefficient (Wildman–Crippen LogP) is 3.86. The number of aryl methyl sites for hydroxylation is 2. The number of benzene rings is 1. The van der Waals surface area contributed by atoms with E-state index < -0.39 is 0 Å². The van der Waals surface area contributed by atoms with Crippen molar-refractivity contribution in [2.24, 2.45) is 5.41 Å². The van der Waals surface area contributed by atoms with E-state index in [1.807, 2.05) is 0 Å². The normalized spacial score (nSPS) is 19.9. The highest BCUT2D eigenvalue weighted by atomic mass is 14.9. The van der Waals surface area contributed by atoms with Crippen molar-refractivity contribution in [2.75, 3.05) is 11.9 Å². The lowest BCUT2D eigenvalue weighted by atomic mass is 9.77. The van der Waals surface area contributed by atoms with Gasteiger partial charge < -0.3 is 5.32 Å². The van der Waals surface area contributed by atoms with Crippen molar-refractivity contribution in [3.05, 3.63) is 28.8 Å². The fourth-order valence-electron chi connectivity index (χ4n) is 2.60. The van der Waals surface area contributed by atoms with Crippen LogP contribution < -0.4 is 5.32 Å². The fraction of sp³-hybridized carbons (Fsp3) is 0.571. The Kier molecular flexibility index (Phi) is 2.29. The Labute approximate surface area is 92.9 Å². The van der Waals surface area contributed by atoms with Gasteiger partial charge >= 0.3 is 0 Å². The smallest absolute Gasteiger partial charge is 0.0406 e. The molecule has 0 bridgehead atoms. The average molecular weight is 203 g/mol. The highest BCUT2D eigenvalue weighted by molar-refractivity contribution is 5.64. The molecule has 1 aromatic rings. The molecule has 1 aromatic carbocycles. The number of fused-ring (bicyclic) bond motifs is 1. The second-order valence-electron chi connectivity index (χ2n) is 5.85. The summed E-state index contributed by atoms with van der Waals surface area (Å²) in [5.74, 6) is 0.645. The van der Waals surface area contributed by atoms with Gasteiger partial charge in [0.15, 0.2) is 0 Å². The minimum Gasteiger partial charge on any atom is -0.384 e. The summed E-state index contributed by atoms with van der Waals surface area (Å²) in [4.78, 5) is 0. The summed E-state index contributed by atoms with van der Waals surface area (Å²) >= 11 is 0. The zero-order chi connectivity index (χ0) is 11.2. The van der Waals surface area contributed by atoms with Gasteiger partial charge in [-0.15, -0.1) is 0 Å². The molecule has 0 radical (unpaired) electrons. The van der Waals surface area contributed by atoms with Gasteiger partial charge in [-0.1, -0.05) is 38.5 Å². The van der Waals surface area contributed by atoms with E-state index in [0.717, 1.165) is 6.54 Å². The Hall–Kier alpha value is -0.980. The third-order valence-corrected chi connectivity index (χ3v) is 3.41. The number of hydrogen-bond donors (Lipinski definition) is 1. The van der Waals surface area contributed by atoms with Gasteiger partial charge in [-0.25, -0.2) is 0 Å². The molecule has 2 rings (SSSR count). The monoisotopic (exact) mass is 203 g/mol. The molecule has 1 aliphatic heterocycles. The second-order valence-corrected chi connectivity index (χ2v) is 5.85. The van der Waals surface area contributed by atoms with E-state index >= 15 is 0 Å². The molecule has 1 heterocycles. The third-order valence-electron chi connectivity index (χ3n) is 3.41. The van der Waals surface area contributed by atoms with E-state index in [-0.39, 0.29) is 0 Å². The van der Waals surface area contributed by atoms with Crippen LogP contribution in [0.4, 0.5) is 5.69 Å². The molecule has 1 heteroatoms. The summed E-state index contributed by atoms with van der Waals surface area (Å²) in [6, 6.07) is 4.61. The highest BCUT2D eigenvalue weighted by Crippen LogP contribution is 2.44. The van der Waals surface area contributed by atoms with Crippen LogP contribution in [0, 0.1) is 19.3 Å². The molecule has 0 spiro atoms. The maximum Gasteiger partial charge on any atom is 0.0406 e. The molecule has 82 valence electrons. The first-order valence-electron chi connectivity index (χ1n) is 5.74. The molecule has 1 N–H and O–H groups in total. The molecule has 1 atom stereocenters. The minimum absolute atomic E-state index is 0.346. The van der Waals surface area contributed by atoms with Gasteiger partial charge in [-0.2, -0.15) is 0 Å². The lowest BCUT2D eigenvalue weighted by Crippen LogP contribution is -2.19. The third kappa shape index (κ3) is 1.75. The first-order valence-corrected chi connectivity index (χ1v) is 5.74. The van der Waals surface area contributed by atoms with Crippen LogP contribution >= 0.6 is 0 Å². The summed E-state index contributed by atoms with van der Waals surface area (Å²) in [6.07, 6.45) is 0. The van der Waals surface area contributed by atoms with Crippen LogP contribution in [-0.2, 0) is 0 Å². The van der Waals surface area contributed by atoms with Crippen LogP contribution in [0.5, 0.6) is 0 Å². The Balaban J connectivity index is 2.51. The number of nitrogens with one attached hydrogen (secondary N) is 1. The topological polar surface area (TPSA) is 12.0 Å². The molecule has 0 fully saturated rings. The summed E-state index contributed by atoms with van der Waals surface area (Å²) in [5, 5.41) is 3.55. The number of anilines is 1. The van der Waals surface area contributed by atoms with Crippen molar-refractivity contribution >= 4 is 5.69 Å². The largest absolute Gasteiger partial charge is 0.384 e. The van der Waals surface area contributed by atoms with Crippen LogP contribution in [0.25, 0.3) is 0 Å². The molecule has 0 aliphatic carbocycles. The molecule has 0 saturated heterocycles. The van der Waals surface area contributed by atoms with E-state index in [4.69, 9.17) is 0 Å². The molecule has 0 amide bonds. The Morgan fingerprint density at radius 1 is 1.20 bits per heavy atom. The summed E-state index contributed by atoms with van der Waals surface area (Å²) < 4.78 is 0. The van der Waals surface area contributed by atoms with E-state index in [0.29, 0.717) is 11.3 Å². The van der Waals surface area contributed by atoms with Crippen molar-refractivity contribution in [2.45, 2.75) is 40.5 Å². The van der Waals surface area contributed by atoms with E-state index in [1.165, 1.54) is 22.4 Å². The summed E-state index contributed by atoms with van der Waals surface area (Å²) in [6.45, 7) is 12.4. The lowest BCUT2D eigenvalue weighted by Gasteiger charge is -2.27. The van der Waals surface area contributed by atoms with Gasteiger partial charge in [-0.05, 0) is 30.4 Å². The van der Waals surface area contributed by atoms with Crippen LogP contribution in [0.15, 0.2) is 12.1 Å². The molecular weight excluding hydrogens is 182 g/mol. The van der Waals surface area contributed by atoms with Gasteiger partial charge in [0.25, 0.3) is 0 Å². The Morgan fingerprint density at radius 3 is 2.47 bits per heavy atom. The van der Waals surface area contributed by atoms with Crippen LogP contribution in [0.3, 0.4) is 0 Å². The maximum atomic E-state index is 3.55. The number of hydrogen-bond acceptors (Lipinski definition) is 1. The van der Waals surface area contributed by atoms with E-state index in [2.05, 4.69) is 52.1 Å². The van der Waals surface area contributed by atoms with Crippen molar-refractivity contribution in [3.63, 3.8) is 0 Å². The van der Waals surface area contributed by atoms with Crippen molar-refractivity contribution in [3.8, 4) is 0 Å². The summed E-state index contributed by atoms with van der Waals surface area (Å²) in [7, 11) is 0. The standard InChI is InChI=1S/C14H21N/c1-9-6-10(2)13-11(7-9)12(8-15-13)14(3,4)5/h6-7,12,15H,8H2,1-5H3. The van der Waals surface area contributed by atoms with E-state index in [1.54, 1.807) is 0 Å². The maximum absolute atomic E-state index is 3.55. The molecule has 15 heavy (non-hydrogen) atoms. The molecule has 0 saturated carbocycles. The second kappa shape index (κ2) is 3.26. The zero-order valence-corrected chi connectivity index (χ0v) is 10.4. The van der Waals surface area contributed by atoms with E-state index in [9.17, 15) is 0 Å². The van der Waals surface area contributed by atoms with Gasteiger partial charge in [-0.3, -0.25) is 0 Å². The van der Waals surface area contributed by atoms with Gasteiger partial charge in [0.05, 0.1) is 0 Å². The van der Waals surface area contributed by atoms with Crippen LogP contribution in [-0.4, -0.2) is 6.54 Å². The molecule has 1 aliphatic rings.